The monoisotopic (exact) mass is 422 g/mol. The third-order valence-electron chi connectivity index (χ3n) is 5.53. The molecule has 3 heterocycles. The summed E-state index contributed by atoms with van der Waals surface area (Å²) in [6.07, 6.45) is 1.47. The summed E-state index contributed by atoms with van der Waals surface area (Å²) >= 11 is 0. The predicted molar refractivity (Wildman–Crippen MR) is 116 cm³/mol. The largest absolute Gasteiger partial charge is 0.454 e. The summed E-state index contributed by atoms with van der Waals surface area (Å²) in [6.45, 7) is 4.96. The molecule has 2 aromatic carbocycles. The number of nitrogens with zero attached hydrogens (tertiary/aromatic N) is 4. The molecule has 3 aromatic rings. The molecule has 0 aliphatic carbocycles. The summed E-state index contributed by atoms with van der Waals surface area (Å²) in [5.74, 6) is 1.98. The van der Waals surface area contributed by atoms with Crippen LogP contribution in [0.15, 0.2) is 36.7 Å². The zero-order chi connectivity index (χ0) is 21.4. The summed E-state index contributed by atoms with van der Waals surface area (Å²) in [5.41, 5.74) is 2.29. The van der Waals surface area contributed by atoms with E-state index in [-0.39, 0.29) is 23.4 Å². The fourth-order valence-corrected chi connectivity index (χ4v) is 4.01. The Balaban J connectivity index is 1.46. The Morgan fingerprint density at radius 3 is 2.97 bits per heavy atom. The highest BCUT2D eigenvalue weighted by Crippen LogP contribution is 2.36. The third kappa shape index (κ3) is 3.77. The smallest absolute Gasteiger partial charge is 0.293 e. The van der Waals surface area contributed by atoms with Crippen molar-refractivity contribution < 1.29 is 14.4 Å². The molecule has 0 saturated carbocycles. The second kappa shape index (κ2) is 7.88. The van der Waals surface area contributed by atoms with Gasteiger partial charge in [0, 0.05) is 43.7 Å². The fraction of sp³-hybridized carbons (Fsp3) is 0.333. The minimum atomic E-state index is -0.337. The van der Waals surface area contributed by atoms with E-state index in [4.69, 9.17) is 9.47 Å². The standard InChI is InChI=1S/C21H22N6O4/c1-13-10-26(5-4-22-13)17-8-16-15(7-18(17)27(28)29)21(25-11-24-16)23-9-14-2-3-19-20(6-14)31-12-30-19/h2-3,6-8,11,13,22H,4-5,9-10,12H2,1H3,(H,23,24,25)/t13-/m1/s1. The molecule has 10 heteroatoms. The van der Waals surface area contributed by atoms with Crippen molar-refractivity contribution in [3.8, 4) is 11.5 Å². The van der Waals surface area contributed by atoms with Crippen LogP contribution in [-0.2, 0) is 6.54 Å². The molecule has 2 N–H and O–H groups in total. The molecule has 1 aromatic heterocycles. The second-order valence-corrected chi connectivity index (χ2v) is 7.68. The van der Waals surface area contributed by atoms with Crippen molar-refractivity contribution >= 4 is 28.1 Å². The maximum Gasteiger partial charge on any atom is 0.293 e. The Morgan fingerprint density at radius 2 is 2.13 bits per heavy atom. The zero-order valence-electron chi connectivity index (χ0n) is 17.0. The topological polar surface area (TPSA) is 115 Å². The lowest BCUT2D eigenvalue weighted by Gasteiger charge is -2.33. The highest BCUT2D eigenvalue weighted by molar-refractivity contribution is 5.94. The lowest BCUT2D eigenvalue weighted by molar-refractivity contribution is -0.384. The average Bonchev–Trinajstić information content (AvgIpc) is 3.24. The molecule has 0 spiro atoms. The van der Waals surface area contributed by atoms with E-state index in [0.717, 1.165) is 17.9 Å². The Bertz CT molecular complexity index is 1150. The van der Waals surface area contributed by atoms with Crippen LogP contribution in [0, 0.1) is 10.1 Å². The van der Waals surface area contributed by atoms with Gasteiger partial charge >= 0.3 is 0 Å². The number of hydrogen-bond donors (Lipinski definition) is 2. The summed E-state index contributed by atoms with van der Waals surface area (Å²) < 4.78 is 10.8. The number of nitro benzene ring substituents is 1. The third-order valence-corrected chi connectivity index (χ3v) is 5.53. The van der Waals surface area contributed by atoms with Gasteiger partial charge in [0.05, 0.1) is 10.4 Å². The fourth-order valence-electron chi connectivity index (χ4n) is 4.01. The van der Waals surface area contributed by atoms with Crippen LogP contribution < -0.4 is 25.0 Å². The Labute approximate surface area is 178 Å². The number of nitrogens with one attached hydrogen (secondary N) is 2. The molecular formula is C21H22N6O4. The molecule has 2 aliphatic rings. The van der Waals surface area contributed by atoms with Gasteiger partial charge in [-0.3, -0.25) is 10.1 Å². The highest BCUT2D eigenvalue weighted by Gasteiger charge is 2.25. The van der Waals surface area contributed by atoms with Gasteiger partial charge in [-0.05, 0) is 30.7 Å². The lowest BCUT2D eigenvalue weighted by atomic mass is 10.1. The zero-order valence-corrected chi connectivity index (χ0v) is 17.0. The number of aromatic nitrogens is 2. The molecular weight excluding hydrogens is 400 g/mol. The molecule has 0 unspecified atom stereocenters. The van der Waals surface area contributed by atoms with Crippen molar-refractivity contribution in [2.45, 2.75) is 19.5 Å². The summed E-state index contributed by atoms with van der Waals surface area (Å²) in [4.78, 5) is 22.3. The molecule has 0 radical (unpaired) electrons. The molecule has 1 atom stereocenters. The Kier molecular flexibility index (Phi) is 4.91. The molecule has 1 saturated heterocycles. The SMILES string of the molecule is C[C@@H]1CN(c2cc3ncnc(NCc4ccc5c(c4)OCO5)c3cc2[N+](=O)[O-])CCN1. The molecule has 31 heavy (non-hydrogen) atoms. The maximum absolute atomic E-state index is 11.9. The predicted octanol–water partition coefficient (Wildman–Crippen LogP) is 2.68. The van der Waals surface area contributed by atoms with E-state index < -0.39 is 0 Å². The van der Waals surface area contributed by atoms with Crippen molar-refractivity contribution in [1.29, 1.82) is 0 Å². The molecule has 0 bridgehead atoms. The van der Waals surface area contributed by atoms with Gasteiger partial charge in [0.2, 0.25) is 6.79 Å². The van der Waals surface area contributed by atoms with Gasteiger partial charge in [-0.2, -0.15) is 0 Å². The van der Waals surface area contributed by atoms with Gasteiger partial charge in [-0.1, -0.05) is 6.07 Å². The molecule has 160 valence electrons. The summed E-state index contributed by atoms with van der Waals surface area (Å²) in [6, 6.07) is 9.33. The number of rotatable bonds is 5. The number of piperazine rings is 1. The van der Waals surface area contributed by atoms with Crippen LogP contribution in [-0.4, -0.2) is 47.4 Å². The van der Waals surface area contributed by atoms with E-state index in [9.17, 15) is 10.1 Å². The van der Waals surface area contributed by atoms with Crippen LogP contribution in [0.4, 0.5) is 17.2 Å². The maximum atomic E-state index is 11.9. The molecule has 2 aliphatic heterocycles. The number of nitro groups is 1. The van der Waals surface area contributed by atoms with Crippen molar-refractivity contribution in [2.75, 3.05) is 36.6 Å². The van der Waals surface area contributed by atoms with Crippen molar-refractivity contribution in [3.63, 3.8) is 0 Å². The van der Waals surface area contributed by atoms with Crippen molar-refractivity contribution in [1.82, 2.24) is 15.3 Å². The van der Waals surface area contributed by atoms with Crippen LogP contribution in [0.5, 0.6) is 11.5 Å². The van der Waals surface area contributed by atoms with E-state index in [0.29, 0.717) is 47.8 Å². The highest BCUT2D eigenvalue weighted by atomic mass is 16.7. The summed E-state index contributed by atoms with van der Waals surface area (Å²) in [7, 11) is 0. The molecule has 5 rings (SSSR count). The first-order valence-corrected chi connectivity index (χ1v) is 10.1. The number of fused-ring (bicyclic) bond motifs is 2. The van der Waals surface area contributed by atoms with Crippen LogP contribution >= 0.6 is 0 Å². The quantitative estimate of drug-likeness (QED) is 0.473. The lowest BCUT2D eigenvalue weighted by Crippen LogP contribution is -2.49. The van der Waals surface area contributed by atoms with Crippen LogP contribution in [0.2, 0.25) is 0 Å². The van der Waals surface area contributed by atoms with E-state index in [1.165, 1.54) is 6.33 Å². The first-order chi connectivity index (χ1) is 15.1. The Hall–Kier alpha value is -3.66. The Morgan fingerprint density at radius 1 is 1.26 bits per heavy atom. The number of benzene rings is 2. The first-order valence-electron chi connectivity index (χ1n) is 10.1. The van der Waals surface area contributed by atoms with Gasteiger partial charge in [0.15, 0.2) is 11.5 Å². The van der Waals surface area contributed by atoms with Crippen LogP contribution in [0.3, 0.4) is 0 Å². The number of hydrogen-bond acceptors (Lipinski definition) is 9. The van der Waals surface area contributed by atoms with Gasteiger partial charge in [-0.15, -0.1) is 0 Å². The van der Waals surface area contributed by atoms with Crippen LogP contribution in [0.1, 0.15) is 12.5 Å². The van der Waals surface area contributed by atoms with E-state index >= 15 is 0 Å². The van der Waals surface area contributed by atoms with Gasteiger partial charge in [0.1, 0.15) is 17.8 Å². The van der Waals surface area contributed by atoms with Gasteiger partial charge in [-0.25, -0.2) is 9.97 Å². The minimum absolute atomic E-state index is 0.0579. The first kappa shape index (κ1) is 19.3. The van der Waals surface area contributed by atoms with Crippen molar-refractivity contribution in [2.24, 2.45) is 0 Å². The van der Waals surface area contributed by atoms with Crippen molar-refractivity contribution in [3.05, 3.63) is 52.3 Å². The minimum Gasteiger partial charge on any atom is -0.454 e. The second-order valence-electron chi connectivity index (χ2n) is 7.68. The van der Waals surface area contributed by atoms with E-state index in [1.54, 1.807) is 12.1 Å². The van der Waals surface area contributed by atoms with Crippen LogP contribution in [0.25, 0.3) is 10.9 Å². The molecule has 10 nitrogen and oxygen atoms in total. The average molecular weight is 422 g/mol. The molecule has 0 amide bonds. The van der Waals surface area contributed by atoms with E-state index in [2.05, 4.69) is 27.5 Å². The van der Waals surface area contributed by atoms with E-state index in [1.807, 2.05) is 23.1 Å². The molecule has 1 fully saturated rings. The normalized spacial score (nSPS) is 17.7. The van der Waals surface area contributed by atoms with Gasteiger partial charge in [0.25, 0.3) is 5.69 Å². The summed E-state index contributed by atoms with van der Waals surface area (Å²) in [5, 5.41) is 19.1. The van der Waals surface area contributed by atoms with Gasteiger partial charge < -0.3 is 25.0 Å². The number of ether oxygens (including phenoxy) is 2. The number of anilines is 2.